The van der Waals surface area contributed by atoms with E-state index in [-0.39, 0.29) is 21.4 Å². The molecule has 0 radical (unpaired) electrons. The Labute approximate surface area is 196 Å². The van der Waals surface area contributed by atoms with Gasteiger partial charge in [0.25, 0.3) is 15.9 Å². The molecule has 2 aromatic carbocycles. The lowest BCUT2D eigenvalue weighted by Gasteiger charge is -2.22. The Morgan fingerprint density at radius 2 is 1.97 bits per heavy atom. The van der Waals surface area contributed by atoms with Crippen molar-refractivity contribution >= 4 is 50.9 Å². The monoisotopic (exact) mass is 498 g/mol. The van der Waals surface area contributed by atoms with Crippen LogP contribution in [0.15, 0.2) is 52.3 Å². The number of thioether (sulfide) groups is 1. The fourth-order valence-corrected chi connectivity index (χ4v) is 5.69. The van der Waals surface area contributed by atoms with Crippen molar-refractivity contribution in [1.82, 2.24) is 4.47 Å². The van der Waals surface area contributed by atoms with Gasteiger partial charge in [0.2, 0.25) is 0 Å². The van der Waals surface area contributed by atoms with E-state index in [1.165, 1.54) is 26.3 Å². The predicted molar refractivity (Wildman–Crippen MR) is 122 cm³/mol. The minimum atomic E-state index is -4.07. The van der Waals surface area contributed by atoms with Gasteiger partial charge < -0.3 is 9.64 Å². The third kappa shape index (κ3) is 5.26. The summed E-state index contributed by atoms with van der Waals surface area (Å²) in [5, 5.41) is 0.269. The van der Waals surface area contributed by atoms with Crippen LogP contribution >= 0.6 is 23.4 Å². The van der Waals surface area contributed by atoms with E-state index in [1.807, 2.05) is 24.3 Å². The summed E-state index contributed by atoms with van der Waals surface area (Å²) in [5.41, 5.74) is 0.732. The van der Waals surface area contributed by atoms with E-state index in [1.54, 1.807) is 16.7 Å². The molecule has 3 rings (SSSR count). The maximum atomic E-state index is 12.9. The van der Waals surface area contributed by atoms with Crippen molar-refractivity contribution in [3.05, 3.63) is 53.1 Å². The van der Waals surface area contributed by atoms with Crippen molar-refractivity contribution in [3.8, 4) is 0 Å². The van der Waals surface area contributed by atoms with Gasteiger partial charge in [0.05, 0.1) is 23.4 Å². The number of anilines is 1. The number of benzene rings is 2. The average molecular weight is 499 g/mol. The molecule has 32 heavy (non-hydrogen) atoms. The molecule has 172 valence electrons. The van der Waals surface area contributed by atoms with Crippen LogP contribution in [-0.2, 0) is 24.4 Å². The number of halogens is 1. The number of rotatable bonds is 6. The zero-order valence-corrected chi connectivity index (χ0v) is 20.2. The number of hydroxylamine groups is 1. The number of carbonyl (C=O) groups excluding carboxylic acids is 2. The first-order chi connectivity index (χ1) is 15.1. The SMILES string of the molecule is CON(C)S(=O)(=O)c1cc(C(=O)OCC(=O)N2CCC(C)Sc3ccccc32)ccc1Cl. The molecule has 0 spiro atoms. The number of hydrogen-bond donors (Lipinski definition) is 0. The van der Waals surface area contributed by atoms with E-state index < -0.39 is 22.6 Å². The highest BCUT2D eigenvalue weighted by Gasteiger charge is 2.27. The van der Waals surface area contributed by atoms with Crippen LogP contribution < -0.4 is 4.90 Å². The summed E-state index contributed by atoms with van der Waals surface area (Å²) in [4.78, 5) is 32.4. The van der Waals surface area contributed by atoms with Crippen LogP contribution in [-0.4, -0.2) is 57.3 Å². The highest BCUT2D eigenvalue weighted by Crippen LogP contribution is 2.37. The predicted octanol–water partition coefficient (Wildman–Crippen LogP) is 3.60. The second kappa shape index (κ2) is 10.2. The van der Waals surface area contributed by atoms with Crippen molar-refractivity contribution in [2.45, 2.75) is 28.4 Å². The number of hydrogen-bond acceptors (Lipinski definition) is 7. The molecule has 1 unspecified atom stereocenters. The van der Waals surface area contributed by atoms with E-state index in [0.29, 0.717) is 16.3 Å². The van der Waals surface area contributed by atoms with Crippen molar-refractivity contribution in [2.75, 3.05) is 32.2 Å². The van der Waals surface area contributed by atoms with Crippen LogP contribution in [0.2, 0.25) is 5.02 Å². The van der Waals surface area contributed by atoms with Gasteiger partial charge in [-0.1, -0.05) is 35.1 Å². The van der Waals surface area contributed by atoms with Gasteiger partial charge >= 0.3 is 5.97 Å². The molecule has 0 aromatic heterocycles. The fourth-order valence-electron chi connectivity index (χ4n) is 3.10. The zero-order valence-electron chi connectivity index (χ0n) is 17.8. The van der Waals surface area contributed by atoms with E-state index in [9.17, 15) is 18.0 Å². The topological polar surface area (TPSA) is 93.2 Å². The molecule has 0 fully saturated rings. The van der Waals surface area contributed by atoms with Gasteiger partial charge in [0, 0.05) is 23.7 Å². The summed E-state index contributed by atoms with van der Waals surface area (Å²) in [7, 11) is -1.68. The van der Waals surface area contributed by atoms with E-state index in [4.69, 9.17) is 21.2 Å². The first kappa shape index (κ1) is 24.5. The third-order valence-electron chi connectivity index (χ3n) is 4.91. The fraction of sp³-hybridized carbons (Fsp3) is 0.333. The Hall–Kier alpha value is -2.11. The highest BCUT2D eigenvalue weighted by atomic mass is 35.5. The zero-order chi connectivity index (χ0) is 23.5. The van der Waals surface area contributed by atoms with Crippen molar-refractivity contribution in [1.29, 1.82) is 0 Å². The molecule has 1 aliphatic rings. The second-order valence-electron chi connectivity index (χ2n) is 7.05. The standard InChI is InChI=1S/C21H23ClN2O6S2/c1-14-10-11-24(17-6-4-5-7-18(17)31-14)20(25)13-30-21(26)15-8-9-16(22)19(12-15)32(27,28)23(2)29-3/h4-9,12,14H,10-11,13H2,1-3H3. The van der Waals surface area contributed by atoms with Crippen LogP contribution in [0.3, 0.4) is 0 Å². The Morgan fingerprint density at radius 1 is 1.25 bits per heavy atom. The summed E-state index contributed by atoms with van der Waals surface area (Å²) in [5.74, 6) is -1.20. The smallest absolute Gasteiger partial charge is 0.338 e. The lowest BCUT2D eigenvalue weighted by atomic mass is 10.2. The molecule has 2 aromatic rings. The van der Waals surface area contributed by atoms with E-state index in [2.05, 4.69) is 6.92 Å². The molecular formula is C21H23ClN2O6S2. The number of fused-ring (bicyclic) bond motifs is 1. The maximum Gasteiger partial charge on any atom is 0.338 e. The minimum absolute atomic E-state index is 0.0503. The largest absolute Gasteiger partial charge is 0.452 e. The van der Waals surface area contributed by atoms with Gasteiger partial charge in [0.1, 0.15) is 4.90 Å². The quantitative estimate of drug-likeness (QED) is 0.443. The molecule has 0 saturated carbocycles. The van der Waals surface area contributed by atoms with Gasteiger partial charge in [-0.3, -0.25) is 9.63 Å². The molecule has 0 saturated heterocycles. The third-order valence-corrected chi connectivity index (χ3v) is 8.31. The number of amides is 1. The number of sulfonamides is 1. The molecule has 1 heterocycles. The summed E-state index contributed by atoms with van der Waals surface area (Å²) >= 11 is 7.71. The average Bonchev–Trinajstić information content (AvgIpc) is 2.94. The van der Waals surface area contributed by atoms with Gasteiger partial charge in [-0.2, -0.15) is 0 Å². The Bertz CT molecular complexity index is 1130. The molecule has 1 aliphatic heterocycles. The van der Waals surface area contributed by atoms with Crippen LogP contribution in [0.5, 0.6) is 0 Å². The lowest BCUT2D eigenvalue weighted by molar-refractivity contribution is -0.121. The molecule has 1 atom stereocenters. The number of ether oxygens (including phenoxy) is 1. The Morgan fingerprint density at radius 3 is 2.69 bits per heavy atom. The van der Waals surface area contributed by atoms with E-state index >= 15 is 0 Å². The van der Waals surface area contributed by atoms with Crippen molar-refractivity contribution < 1.29 is 27.6 Å². The van der Waals surface area contributed by atoms with Crippen molar-refractivity contribution in [3.63, 3.8) is 0 Å². The molecular weight excluding hydrogens is 476 g/mol. The van der Waals surface area contributed by atoms with Crippen LogP contribution in [0.4, 0.5) is 5.69 Å². The molecule has 0 bridgehead atoms. The van der Waals surface area contributed by atoms with Gasteiger partial charge in [-0.05, 0) is 36.8 Å². The normalized spacial score (nSPS) is 16.4. The molecule has 8 nitrogen and oxygen atoms in total. The molecule has 1 amide bonds. The second-order valence-corrected chi connectivity index (χ2v) is 10.8. The molecule has 0 aliphatic carbocycles. The Balaban J connectivity index is 1.75. The number of nitrogens with zero attached hydrogens (tertiary/aromatic N) is 2. The Kier molecular flexibility index (Phi) is 7.84. The minimum Gasteiger partial charge on any atom is -0.452 e. The van der Waals surface area contributed by atoms with Gasteiger partial charge in [0.15, 0.2) is 6.61 Å². The first-order valence-corrected chi connectivity index (χ1v) is 12.4. The summed E-state index contributed by atoms with van der Waals surface area (Å²) < 4.78 is 30.8. The number of esters is 1. The van der Waals surface area contributed by atoms with E-state index in [0.717, 1.165) is 23.1 Å². The van der Waals surface area contributed by atoms with Gasteiger partial charge in [-0.15, -0.1) is 11.8 Å². The van der Waals surface area contributed by atoms with Crippen molar-refractivity contribution in [2.24, 2.45) is 0 Å². The summed E-state index contributed by atoms with van der Waals surface area (Å²) in [6, 6.07) is 11.3. The highest BCUT2D eigenvalue weighted by molar-refractivity contribution is 8.00. The van der Waals surface area contributed by atoms with Gasteiger partial charge in [-0.25, -0.2) is 13.2 Å². The number of carbonyl (C=O) groups is 2. The molecule has 11 heteroatoms. The number of para-hydroxylation sites is 1. The van der Waals surface area contributed by atoms with Crippen LogP contribution in [0, 0.1) is 0 Å². The molecule has 0 N–H and O–H groups in total. The first-order valence-electron chi connectivity index (χ1n) is 9.71. The van der Waals surface area contributed by atoms with Crippen LogP contribution in [0.25, 0.3) is 0 Å². The lowest BCUT2D eigenvalue weighted by Crippen LogP contribution is -2.35. The maximum absolute atomic E-state index is 12.9. The summed E-state index contributed by atoms with van der Waals surface area (Å²) in [6.07, 6.45) is 0.796. The van der Waals surface area contributed by atoms with Crippen LogP contribution in [0.1, 0.15) is 23.7 Å². The summed E-state index contributed by atoms with van der Waals surface area (Å²) in [6.45, 7) is 2.13.